The largest absolute Gasteiger partial charge is 0.308 e. The van der Waals surface area contributed by atoms with Gasteiger partial charge >= 0.3 is 0 Å². The lowest BCUT2D eigenvalue weighted by atomic mass is 10.2. The van der Waals surface area contributed by atoms with Crippen molar-refractivity contribution in [2.24, 2.45) is 0 Å². The van der Waals surface area contributed by atoms with E-state index in [0.717, 1.165) is 5.56 Å². The second-order valence-electron chi connectivity index (χ2n) is 6.34. The fourth-order valence-corrected chi connectivity index (χ4v) is 3.56. The fraction of sp³-hybridized carbons (Fsp3) is 0.250. The molecule has 1 aromatic carbocycles. The van der Waals surface area contributed by atoms with Crippen LogP contribution in [0, 0.1) is 0 Å². The molecule has 0 unspecified atom stereocenters. The first-order valence-electron chi connectivity index (χ1n) is 7.07. The highest BCUT2D eigenvalue weighted by Gasteiger charge is 2.15. The number of fused-ring (bicyclic) bond motifs is 1. The summed E-state index contributed by atoms with van der Waals surface area (Å²) in [6, 6.07) is 10.4. The molecular weight excluding hydrogens is 278 g/mol. The van der Waals surface area contributed by atoms with E-state index in [1.807, 2.05) is 6.20 Å². The highest BCUT2D eigenvalue weighted by atomic mass is 28.3. The Morgan fingerprint density at radius 3 is 2.43 bits per heavy atom. The zero-order valence-electron chi connectivity index (χ0n) is 12.6. The predicted octanol–water partition coefficient (Wildman–Crippen LogP) is 2.09. The van der Waals surface area contributed by atoms with Crippen LogP contribution in [0.2, 0.25) is 19.6 Å². The van der Waals surface area contributed by atoms with Crippen molar-refractivity contribution in [2.45, 2.75) is 26.2 Å². The summed E-state index contributed by atoms with van der Waals surface area (Å²) in [6.07, 6.45) is 5.24. The molecule has 0 aliphatic heterocycles. The first-order valence-corrected chi connectivity index (χ1v) is 10.6. The van der Waals surface area contributed by atoms with Crippen molar-refractivity contribution in [3.63, 3.8) is 0 Å². The molecule has 0 aliphatic carbocycles. The third-order valence-corrected chi connectivity index (χ3v) is 5.78. The van der Waals surface area contributed by atoms with E-state index in [9.17, 15) is 4.79 Å². The van der Waals surface area contributed by atoms with Gasteiger partial charge in [0.25, 0.3) is 5.56 Å². The second-order valence-corrected chi connectivity index (χ2v) is 11.4. The maximum atomic E-state index is 12.3. The van der Waals surface area contributed by atoms with Crippen molar-refractivity contribution in [3.8, 4) is 0 Å². The Hall–Kier alpha value is -2.14. The number of hydrogen-bond acceptors (Lipinski definition) is 2. The molecule has 0 saturated heterocycles. The molecule has 5 heteroatoms. The molecule has 0 aliphatic rings. The average molecular weight is 297 g/mol. The molecule has 4 nitrogen and oxygen atoms in total. The van der Waals surface area contributed by atoms with Crippen molar-refractivity contribution < 1.29 is 0 Å². The van der Waals surface area contributed by atoms with E-state index in [1.165, 1.54) is 5.19 Å². The zero-order valence-corrected chi connectivity index (χ0v) is 13.6. The molecule has 3 aromatic rings. The minimum Gasteiger partial charge on any atom is -0.308 e. The second kappa shape index (κ2) is 5.00. The molecule has 108 valence electrons. The first-order chi connectivity index (χ1) is 9.95. The molecule has 0 radical (unpaired) electrons. The summed E-state index contributed by atoms with van der Waals surface area (Å²) in [5.74, 6) is 0. The van der Waals surface area contributed by atoms with E-state index >= 15 is 0 Å². The minimum atomic E-state index is -1.27. The van der Waals surface area contributed by atoms with Crippen LogP contribution in [-0.4, -0.2) is 22.3 Å². The molecule has 0 spiro atoms. The van der Waals surface area contributed by atoms with E-state index in [0.29, 0.717) is 12.1 Å². The summed E-state index contributed by atoms with van der Waals surface area (Å²) in [5.41, 5.74) is 1.74. The molecule has 2 aromatic heterocycles. The number of hydrogen-bond donors (Lipinski definition) is 0. The lowest BCUT2D eigenvalue weighted by Gasteiger charge is -2.17. The van der Waals surface area contributed by atoms with E-state index in [2.05, 4.69) is 49.0 Å². The Kier molecular flexibility index (Phi) is 3.29. The third kappa shape index (κ3) is 2.69. The van der Waals surface area contributed by atoms with Gasteiger partial charge in [0.05, 0.1) is 20.8 Å². The van der Waals surface area contributed by atoms with Crippen molar-refractivity contribution in [1.82, 2.24) is 14.2 Å². The quantitative estimate of drug-likeness (QED) is 0.694. The molecule has 0 saturated carbocycles. The first kappa shape index (κ1) is 13.8. The van der Waals surface area contributed by atoms with Gasteiger partial charge < -0.3 is 4.57 Å². The van der Waals surface area contributed by atoms with Crippen LogP contribution in [0.1, 0.15) is 5.56 Å². The van der Waals surface area contributed by atoms with Crippen LogP contribution in [-0.2, 0) is 6.54 Å². The highest BCUT2D eigenvalue weighted by Crippen LogP contribution is 2.06. The van der Waals surface area contributed by atoms with Gasteiger partial charge in [0.15, 0.2) is 0 Å². The number of nitrogens with zero attached hydrogens (tertiary/aromatic N) is 3. The van der Waals surface area contributed by atoms with E-state index in [4.69, 9.17) is 0 Å². The van der Waals surface area contributed by atoms with Gasteiger partial charge in [0.1, 0.15) is 5.52 Å². The van der Waals surface area contributed by atoms with Gasteiger partial charge in [-0.05, 0) is 11.6 Å². The number of aromatic nitrogens is 3. The summed E-state index contributed by atoms with van der Waals surface area (Å²) in [6.45, 7) is 7.59. The Morgan fingerprint density at radius 2 is 1.76 bits per heavy atom. The molecule has 0 atom stereocenters. The Labute approximate surface area is 124 Å². The molecule has 0 N–H and O–H groups in total. The van der Waals surface area contributed by atoms with Gasteiger partial charge in [-0.3, -0.25) is 4.79 Å². The topological polar surface area (TPSA) is 39.3 Å². The molecule has 0 fully saturated rings. The summed E-state index contributed by atoms with van der Waals surface area (Å²) in [4.78, 5) is 12.3. The van der Waals surface area contributed by atoms with Crippen LogP contribution in [0.5, 0.6) is 0 Å². The molecule has 0 amide bonds. The Bertz CT molecular complexity index is 825. The van der Waals surface area contributed by atoms with Crippen LogP contribution >= 0.6 is 0 Å². The monoisotopic (exact) mass is 297 g/mol. The zero-order chi connectivity index (χ0) is 15.0. The smallest absolute Gasteiger partial charge is 0.276 e. The molecule has 21 heavy (non-hydrogen) atoms. The fourth-order valence-electron chi connectivity index (χ4n) is 2.39. The van der Waals surface area contributed by atoms with Crippen molar-refractivity contribution in [1.29, 1.82) is 0 Å². The summed E-state index contributed by atoms with van der Waals surface area (Å²) < 4.78 is 3.33. The molecule has 2 heterocycles. The molecular formula is C16H19N3OSi. The van der Waals surface area contributed by atoms with Gasteiger partial charge in [-0.1, -0.05) is 49.1 Å². The summed E-state index contributed by atoms with van der Waals surface area (Å²) >= 11 is 0. The normalized spacial score (nSPS) is 12.0. The summed E-state index contributed by atoms with van der Waals surface area (Å²) in [7, 11) is -1.27. The Balaban J connectivity index is 1.92. The maximum absolute atomic E-state index is 12.3. The van der Waals surface area contributed by atoms with Gasteiger partial charge in [-0.2, -0.15) is 5.10 Å². The van der Waals surface area contributed by atoms with Gasteiger partial charge in [0, 0.05) is 12.4 Å². The average Bonchev–Trinajstić information content (AvgIpc) is 2.91. The van der Waals surface area contributed by atoms with Gasteiger partial charge in [-0.25, -0.2) is 4.52 Å². The van der Waals surface area contributed by atoms with Crippen LogP contribution in [0.4, 0.5) is 0 Å². The lowest BCUT2D eigenvalue weighted by molar-refractivity contribution is 0.743. The van der Waals surface area contributed by atoms with E-state index in [-0.39, 0.29) is 5.56 Å². The van der Waals surface area contributed by atoms with Crippen LogP contribution in [0.15, 0.2) is 53.7 Å². The van der Waals surface area contributed by atoms with Gasteiger partial charge in [0.2, 0.25) is 0 Å². The van der Waals surface area contributed by atoms with E-state index < -0.39 is 8.07 Å². The lowest BCUT2D eigenvalue weighted by Crippen LogP contribution is -2.37. The van der Waals surface area contributed by atoms with E-state index in [1.54, 1.807) is 27.5 Å². The maximum Gasteiger partial charge on any atom is 0.276 e. The highest BCUT2D eigenvalue weighted by molar-refractivity contribution is 6.88. The summed E-state index contributed by atoms with van der Waals surface area (Å²) in [5, 5.41) is 5.51. The third-order valence-electron chi connectivity index (χ3n) is 3.71. The SMILES string of the molecule is C[Si](C)(C)c1ccc(Cn2ccn3nccc3c2=O)cc1. The Morgan fingerprint density at radius 1 is 1.05 bits per heavy atom. The minimum absolute atomic E-state index is 0.00993. The van der Waals surface area contributed by atoms with Gasteiger partial charge in [-0.15, -0.1) is 0 Å². The predicted molar refractivity (Wildman–Crippen MR) is 88.0 cm³/mol. The van der Waals surface area contributed by atoms with Crippen molar-refractivity contribution in [2.75, 3.05) is 0 Å². The van der Waals surface area contributed by atoms with Crippen molar-refractivity contribution >= 4 is 18.8 Å². The van der Waals surface area contributed by atoms with Crippen LogP contribution < -0.4 is 10.7 Å². The van der Waals surface area contributed by atoms with Crippen LogP contribution in [0.3, 0.4) is 0 Å². The number of rotatable bonds is 3. The van der Waals surface area contributed by atoms with Crippen molar-refractivity contribution in [3.05, 3.63) is 64.8 Å². The number of benzene rings is 1. The van der Waals surface area contributed by atoms with Crippen LogP contribution in [0.25, 0.3) is 5.52 Å². The standard InChI is InChI=1S/C16H19N3OSi/c1-21(2,3)14-6-4-13(5-7-14)12-18-10-11-19-15(16(18)20)8-9-17-19/h4-11H,12H2,1-3H3. The molecule has 0 bridgehead atoms. The molecule has 3 rings (SSSR count).